The molecule has 0 bridgehead atoms. The van der Waals surface area contributed by atoms with Gasteiger partial charge in [-0.1, -0.05) is 32.0 Å². The molecular formula is C20H25FN2O3. The zero-order valence-electron chi connectivity index (χ0n) is 15.3. The first-order valence-electron chi connectivity index (χ1n) is 8.81. The van der Waals surface area contributed by atoms with Gasteiger partial charge in [0.05, 0.1) is 12.1 Å². The van der Waals surface area contributed by atoms with Gasteiger partial charge >= 0.3 is 6.03 Å². The largest absolute Gasteiger partial charge is 0.466 e. The Morgan fingerprint density at radius 1 is 1.42 bits per heavy atom. The molecule has 2 aromatic rings. The second-order valence-electron chi connectivity index (χ2n) is 7.72. The molecule has 0 fully saturated rings. The van der Waals surface area contributed by atoms with E-state index in [0.717, 1.165) is 29.9 Å². The van der Waals surface area contributed by atoms with Crippen LogP contribution in [0, 0.1) is 18.2 Å². The number of carbonyl (C=O) groups is 1. The summed E-state index contributed by atoms with van der Waals surface area (Å²) in [5.41, 5.74) is 1.19. The molecule has 3 rings (SSSR count). The van der Waals surface area contributed by atoms with Gasteiger partial charge in [0.1, 0.15) is 17.3 Å². The van der Waals surface area contributed by atoms with Crippen molar-refractivity contribution < 1.29 is 18.7 Å². The number of hydrogen-bond donors (Lipinski definition) is 3. The predicted octanol–water partition coefficient (Wildman–Crippen LogP) is 3.77. The van der Waals surface area contributed by atoms with Crippen molar-refractivity contribution in [1.29, 1.82) is 0 Å². The van der Waals surface area contributed by atoms with Gasteiger partial charge in [0, 0.05) is 24.1 Å². The Labute approximate surface area is 152 Å². The van der Waals surface area contributed by atoms with Crippen LogP contribution in [0.5, 0.6) is 0 Å². The van der Waals surface area contributed by atoms with Crippen LogP contribution in [-0.4, -0.2) is 17.7 Å². The van der Waals surface area contributed by atoms with E-state index in [4.69, 9.17) is 4.42 Å². The second kappa shape index (κ2) is 7.11. The number of nitrogens with one attached hydrogen (secondary N) is 2. The zero-order valence-corrected chi connectivity index (χ0v) is 15.3. The first-order valence-corrected chi connectivity index (χ1v) is 8.81. The lowest BCUT2D eigenvalue weighted by atomic mass is 9.75. The summed E-state index contributed by atoms with van der Waals surface area (Å²) in [6.45, 7) is 6.11. The molecule has 0 saturated carbocycles. The van der Waals surface area contributed by atoms with Crippen LogP contribution in [0.4, 0.5) is 9.18 Å². The molecule has 0 aliphatic heterocycles. The number of carbonyl (C=O) groups excluding carboxylic acids is 1. The number of aryl methyl sites for hydroxylation is 1. The summed E-state index contributed by atoms with van der Waals surface area (Å²) >= 11 is 0. The summed E-state index contributed by atoms with van der Waals surface area (Å²) in [6, 6.07) is 7.40. The summed E-state index contributed by atoms with van der Waals surface area (Å²) in [4.78, 5) is 12.3. The molecule has 2 atom stereocenters. The van der Waals surface area contributed by atoms with E-state index >= 15 is 0 Å². The molecule has 1 aliphatic rings. The highest BCUT2D eigenvalue weighted by molar-refractivity contribution is 5.74. The molecule has 1 aromatic carbocycles. The number of benzene rings is 1. The minimum Gasteiger partial charge on any atom is -0.466 e. The van der Waals surface area contributed by atoms with E-state index in [1.54, 1.807) is 12.1 Å². The number of halogens is 1. The quantitative estimate of drug-likeness (QED) is 0.777. The van der Waals surface area contributed by atoms with Gasteiger partial charge in [0.2, 0.25) is 0 Å². The van der Waals surface area contributed by atoms with Gasteiger partial charge < -0.3 is 20.2 Å². The molecule has 3 N–H and O–H groups in total. The summed E-state index contributed by atoms with van der Waals surface area (Å²) in [5, 5.41) is 15.7. The maximum Gasteiger partial charge on any atom is 0.315 e. The van der Waals surface area contributed by atoms with Crippen LogP contribution in [0.15, 0.2) is 34.7 Å². The summed E-state index contributed by atoms with van der Waals surface area (Å²) in [7, 11) is 0. The Bertz CT molecular complexity index is 800. The topological polar surface area (TPSA) is 74.5 Å². The highest BCUT2D eigenvalue weighted by Gasteiger charge is 2.35. The number of furan rings is 1. The third-order valence-electron chi connectivity index (χ3n) is 4.76. The highest BCUT2D eigenvalue weighted by Crippen LogP contribution is 2.41. The van der Waals surface area contributed by atoms with Crippen molar-refractivity contribution in [3.8, 4) is 0 Å². The molecule has 26 heavy (non-hydrogen) atoms. The van der Waals surface area contributed by atoms with Crippen LogP contribution in [0.1, 0.15) is 55.1 Å². The standard InChI is InChI=1S/C20H25FN2O3/c1-12-8-14-16(9-20(2,3)10-18(14)26-12)23-19(25)22-11-17(24)13-6-4-5-7-15(13)21/h4-8,16-17,24H,9-11H2,1-3H3,(H2,22,23,25). The normalized spacial score (nSPS) is 19.5. The van der Waals surface area contributed by atoms with Crippen LogP contribution in [-0.2, 0) is 6.42 Å². The third kappa shape index (κ3) is 4.07. The van der Waals surface area contributed by atoms with Crippen molar-refractivity contribution in [3.63, 3.8) is 0 Å². The Kier molecular flexibility index (Phi) is 5.05. The summed E-state index contributed by atoms with van der Waals surface area (Å²) in [6.07, 6.45) is 0.529. The first kappa shape index (κ1) is 18.5. The van der Waals surface area contributed by atoms with Gasteiger partial charge in [-0.3, -0.25) is 0 Å². The minimum absolute atomic E-state index is 0.0158. The Morgan fingerprint density at radius 3 is 2.88 bits per heavy atom. The fraction of sp³-hybridized carbons (Fsp3) is 0.450. The monoisotopic (exact) mass is 360 g/mol. The minimum atomic E-state index is -1.10. The molecule has 1 aromatic heterocycles. The lowest BCUT2D eigenvalue weighted by Crippen LogP contribution is -2.42. The number of urea groups is 1. The van der Waals surface area contributed by atoms with Gasteiger partial charge in [-0.2, -0.15) is 0 Å². The van der Waals surface area contributed by atoms with Crippen LogP contribution >= 0.6 is 0 Å². The van der Waals surface area contributed by atoms with Gasteiger partial charge in [0.25, 0.3) is 0 Å². The zero-order chi connectivity index (χ0) is 18.9. The fourth-order valence-electron chi connectivity index (χ4n) is 3.57. The highest BCUT2D eigenvalue weighted by atomic mass is 19.1. The maximum absolute atomic E-state index is 13.7. The van der Waals surface area contributed by atoms with Crippen LogP contribution in [0.3, 0.4) is 0 Å². The lowest BCUT2D eigenvalue weighted by Gasteiger charge is -2.34. The third-order valence-corrected chi connectivity index (χ3v) is 4.76. The molecule has 2 amide bonds. The molecule has 0 radical (unpaired) electrons. The van der Waals surface area contributed by atoms with Crippen molar-refractivity contribution in [3.05, 3.63) is 58.8 Å². The van der Waals surface area contributed by atoms with E-state index in [9.17, 15) is 14.3 Å². The molecule has 1 heterocycles. The molecule has 140 valence electrons. The van der Waals surface area contributed by atoms with Gasteiger partial charge in [-0.05, 0) is 30.9 Å². The average Bonchev–Trinajstić information content (AvgIpc) is 2.92. The number of hydrogen-bond acceptors (Lipinski definition) is 3. The van der Waals surface area contributed by atoms with E-state index in [-0.39, 0.29) is 23.6 Å². The Balaban J connectivity index is 1.62. The van der Waals surface area contributed by atoms with Crippen LogP contribution in [0.25, 0.3) is 0 Å². The fourth-order valence-corrected chi connectivity index (χ4v) is 3.57. The molecule has 2 unspecified atom stereocenters. The van der Waals surface area contributed by atoms with Crippen molar-refractivity contribution in [1.82, 2.24) is 10.6 Å². The average molecular weight is 360 g/mol. The van der Waals surface area contributed by atoms with Crippen molar-refractivity contribution in [2.45, 2.75) is 45.8 Å². The van der Waals surface area contributed by atoms with E-state index in [0.29, 0.717) is 0 Å². The molecule has 5 nitrogen and oxygen atoms in total. The molecule has 6 heteroatoms. The van der Waals surface area contributed by atoms with E-state index in [1.165, 1.54) is 12.1 Å². The van der Waals surface area contributed by atoms with E-state index in [2.05, 4.69) is 24.5 Å². The second-order valence-corrected chi connectivity index (χ2v) is 7.72. The Hall–Kier alpha value is -2.34. The number of fused-ring (bicyclic) bond motifs is 1. The molecule has 1 aliphatic carbocycles. The SMILES string of the molecule is Cc1cc2c(o1)CC(C)(C)CC2NC(=O)NCC(O)c1ccccc1F. The lowest BCUT2D eigenvalue weighted by molar-refractivity contribution is 0.166. The van der Waals surface area contributed by atoms with Crippen molar-refractivity contribution in [2.24, 2.45) is 5.41 Å². The van der Waals surface area contributed by atoms with Crippen LogP contribution < -0.4 is 10.6 Å². The predicted molar refractivity (Wildman–Crippen MR) is 96.2 cm³/mol. The molecular weight excluding hydrogens is 335 g/mol. The van der Waals surface area contributed by atoms with Gasteiger partial charge in [-0.15, -0.1) is 0 Å². The number of aliphatic hydroxyl groups is 1. The molecule has 0 saturated heterocycles. The van der Waals surface area contributed by atoms with Gasteiger partial charge in [0.15, 0.2) is 0 Å². The van der Waals surface area contributed by atoms with Crippen molar-refractivity contribution in [2.75, 3.05) is 6.54 Å². The number of aliphatic hydroxyl groups excluding tert-OH is 1. The first-order chi connectivity index (χ1) is 12.2. The summed E-state index contributed by atoms with van der Waals surface area (Å²) in [5.74, 6) is 1.25. The van der Waals surface area contributed by atoms with E-state index < -0.39 is 18.0 Å². The van der Waals surface area contributed by atoms with Crippen molar-refractivity contribution >= 4 is 6.03 Å². The maximum atomic E-state index is 13.7. The Morgan fingerprint density at radius 2 is 2.15 bits per heavy atom. The summed E-state index contributed by atoms with van der Waals surface area (Å²) < 4.78 is 19.5. The molecule has 0 spiro atoms. The smallest absolute Gasteiger partial charge is 0.315 e. The van der Waals surface area contributed by atoms with Crippen LogP contribution in [0.2, 0.25) is 0 Å². The van der Waals surface area contributed by atoms with E-state index in [1.807, 2.05) is 13.0 Å². The number of amides is 2. The number of rotatable bonds is 4. The van der Waals surface area contributed by atoms with Gasteiger partial charge in [-0.25, -0.2) is 9.18 Å².